The van der Waals surface area contributed by atoms with Crippen molar-refractivity contribution in [3.05, 3.63) is 70.2 Å². The molecule has 0 atom stereocenters. The first kappa shape index (κ1) is 23.3. The second-order valence-corrected chi connectivity index (χ2v) is 10.6. The van der Waals surface area contributed by atoms with Gasteiger partial charge in [0.05, 0.1) is 5.69 Å². The molecule has 174 valence electrons. The molecule has 33 heavy (non-hydrogen) atoms. The van der Waals surface area contributed by atoms with Gasteiger partial charge in [-0.15, -0.1) is 11.3 Å². The van der Waals surface area contributed by atoms with Gasteiger partial charge in [0.15, 0.2) is 5.13 Å². The summed E-state index contributed by atoms with van der Waals surface area (Å²) >= 11 is 1.63. The van der Waals surface area contributed by atoms with Crippen LogP contribution in [0.25, 0.3) is 0 Å². The molecule has 1 aliphatic heterocycles. The Bertz CT molecular complexity index is 1250. The monoisotopic (exact) mass is 485 g/mol. The highest BCUT2D eigenvalue weighted by atomic mass is 32.2. The van der Waals surface area contributed by atoms with E-state index in [0.29, 0.717) is 24.2 Å². The van der Waals surface area contributed by atoms with Gasteiger partial charge >= 0.3 is 10.1 Å². The van der Waals surface area contributed by atoms with Gasteiger partial charge in [0.1, 0.15) is 10.6 Å². The summed E-state index contributed by atoms with van der Waals surface area (Å²) in [6.45, 7) is 8.41. The van der Waals surface area contributed by atoms with Crippen LogP contribution >= 0.6 is 11.3 Å². The van der Waals surface area contributed by atoms with E-state index in [9.17, 15) is 13.2 Å². The van der Waals surface area contributed by atoms with Crippen LogP contribution in [0.1, 0.15) is 33.6 Å². The van der Waals surface area contributed by atoms with E-state index in [4.69, 9.17) is 4.18 Å². The van der Waals surface area contributed by atoms with E-state index in [2.05, 4.69) is 9.88 Å². The lowest BCUT2D eigenvalue weighted by molar-refractivity contribution is 0.0767. The third-order valence-corrected chi connectivity index (χ3v) is 7.99. The molecule has 1 amide bonds. The number of benzene rings is 2. The molecule has 0 unspecified atom stereocenters. The maximum Gasteiger partial charge on any atom is 0.339 e. The van der Waals surface area contributed by atoms with E-state index in [0.717, 1.165) is 35.9 Å². The fourth-order valence-corrected chi connectivity index (χ4v) is 5.89. The SMILES string of the molecule is Cc1ccc(C)c(S(=O)(=O)Oc2ccc(C(=O)N3CCCN(c4nc(C)cs4)CC3)cc2)c1. The number of hydrogen-bond donors (Lipinski definition) is 0. The van der Waals surface area contributed by atoms with Crippen molar-refractivity contribution in [2.45, 2.75) is 32.1 Å². The van der Waals surface area contributed by atoms with E-state index in [1.807, 2.05) is 30.2 Å². The zero-order valence-corrected chi connectivity index (χ0v) is 20.6. The second-order valence-electron chi connectivity index (χ2n) is 8.24. The quantitative estimate of drug-likeness (QED) is 0.504. The normalized spacial score (nSPS) is 14.8. The van der Waals surface area contributed by atoms with E-state index >= 15 is 0 Å². The van der Waals surface area contributed by atoms with Crippen LogP contribution in [0.2, 0.25) is 0 Å². The minimum absolute atomic E-state index is 0.0731. The summed E-state index contributed by atoms with van der Waals surface area (Å²) in [5.74, 6) is 0.102. The van der Waals surface area contributed by atoms with Crippen LogP contribution in [0, 0.1) is 20.8 Å². The van der Waals surface area contributed by atoms with Gasteiger partial charge in [-0.05, 0) is 68.7 Å². The molecule has 7 nitrogen and oxygen atoms in total. The largest absolute Gasteiger partial charge is 0.379 e. The fraction of sp³-hybridized carbons (Fsp3) is 0.333. The molecule has 0 bridgehead atoms. The van der Waals surface area contributed by atoms with E-state index in [1.165, 1.54) is 12.1 Å². The number of aryl methyl sites for hydroxylation is 3. The summed E-state index contributed by atoms with van der Waals surface area (Å²) in [4.78, 5) is 21.8. The summed E-state index contributed by atoms with van der Waals surface area (Å²) in [7, 11) is -3.96. The highest BCUT2D eigenvalue weighted by Gasteiger charge is 2.23. The molecule has 0 N–H and O–H groups in total. The first-order valence-corrected chi connectivity index (χ1v) is 13.1. The molecular formula is C24H27N3O4S2. The van der Waals surface area contributed by atoms with Crippen LogP contribution in [0.5, 0.6) is 5.75 Å². The molecule has 2 aromatic carbocycles. The van der Waals surface area contributed by atoms with Crippen molar-refractivity contribution in [2.75, 3.05) is 31.1 Å². The average Bonchev–Trinajstić information content (AvgIpc) is 3.07. The maximum absolute atomic E-state index is 13.0. The van der Waals surface area contributed by atoms with Crippen LogP contribution in [0.4, 0.5) is 5.13 Å². The van der Waals surface area contributed by atoms with Crippen molar-refractivity contribution in [1.29, 1.82) is 0 Å². The molecule has 1 saturated heterocycles. The van der Waals surface area contributed by atoms with Crippen LogP contribution < -0.4 is 9.08 Å². The molecule has 0 saturated carbocycles. The summed E-state index contributed by atoms with van der Waals surface area (Å²) in [6, 6.07) is 11.5. The van der Waals surface area contributed by atoms with Crippen molar-refractivity contribution in [1.82, 2.24) is 9.88 Å². The lowest BCUT2D eigenvalue weighted by Gasteiger charge is -2.22. The second kappa shape index (κ2) is 9.52. The smallest absolute Gasteiger partial charge is 0.339 e. The Morgan fingerprint density at radius 2 is 1.76 bits per heavy atom. The number of aromatic nitrogens is 1. The number of anilines is 1. The third kappa shape index (κ3) is 5.36. The van der Waals surface area contributed by atoms with Crippen LogP contribution in [-0.4, -0.2) is 50.4 Å². The molecule has 1 fully saturated rings. The van der Waals surface area contributed by atoms with Gasteiger partial charge in [-0.25, -0.2) is 4.98 Å². The summed E-state index contributed by atoms with van der Waals surface area (Å²) < 4.78 is 30.8. The first-order chi connectivity index (χ1) is 15.7. The van der Waals surface area contributed by atoms with Crippen molar-refractivity contribution in [3.63, 3.8) is 0 Å². The van der Waals surface area contributed by atoms with Gasteiger partial charge in [-0.3, -0.25) is 4.79 Å². The van der Waals surface area contributed by atoms with Gasteiger partial charge in [0.25, 0.3) is 5.91 Å². The minimum Gasteiger partial charge on any atom is -0.379 e. The van der Waals surface area contributed by atoms with E-state index in [1.54, 1.807) is 42.5 Å². The summed E-state index contributed by atoms with van der Waals surface area (Å²) in [6.07, 6.45) is 0.861. The standard InChI is InChI=1S/C24H27N3O4S2/c1-17-5-6-18(2)22(15-17)33(29,30)31-21-9-7-20(8-10-21)23(28)26-11-4-12-27(14-13-26)24-25-19(3)16-32-24/h5-10,15-16H,4,11-14H2,1-3H3. The number of amides is 1. The Kier molecular flexibility index (Phi) is 6.71. The van der Waals surface area contributed by atoms with Gasteiger partial charge in [-0.1, -0.05) is 12.1 Å². The Morgan fingerprint density at radius 1 is 1.00 bits per heavy atom. The molecule has 0 spiro atoms. The minimum atomic E-state index is -3.96. The predicted molar refractivity (Wildman–Crippen MR) is 130 cm³/mol. The molecule has 0 radical (unpaired) electrons. The number of carbonyl (C=O) groups excluding carboxylic acids is 1. The fourth-order valence-electron chi connectivity index (χ4n) is 3.78. The summed E-state index contributed by atoms with van der Waals surface area (Å²) in [5.41, 5.74) is 2.97. The topological polar surface area (TPSA) is 79.8 Å². The lowest BCUT2D eigenvalue weighted by atomic mass is 10.2. The highest BCUT2D eigenvalue weighted by Crippen LogP contribution is 2.24. The number of thiazole rings is 1. The lowest BCUT2D eigenvalue weighted by Crippen LogP contribution is -2.35. The van der Waals surface area contributed by atoms with Crippen LogP contribution in [0.15, 0.2) is 52.7 Å². The number of hydrogen-bond acceptors (Lipinski definition) is 7. The van der Waals surface area contributed by atoms with Crippen molar-refractivity contribution in [2.24, 2.45) is 0 Å². The zero-order chi connectivity index (χ0) is 23.6. The molecular weight excluding hydrogens is 458 g/mol. The highest BCUT2D eigenvalue weighted by molar-refractivity contribution is 7.87. The van der Waals surface area contributed by atoms with Crippen LogP contribution in [0.3, 0.4) is 0 Å². The van der Waals surface area contributed by atoms with Gasteiger partial charge in [0.2, 0.25) is 0 Å². The molecule has 9 heteroatoms. The van der Waals surface area contributed by atoms with Crippen molar-refractivity contribution >= 4 is 32.5 Å². The Morgan fingerprint density at radius 3 is 2.45 bits per heavy atom. The Balaban J connectivity index is 1.42. The van der Waals surface area contributed by atoms with Gasteiger partial charge in [0, 0.05) is 37.1 Å². The Hall–Kier alpha value is -2.91. The van der Waals surface area contributed by atoms with E-state index in [-0.39, 0.29) is 16.6 Å². The molecule has 1 aliphatic rings. The molecule has 2 heterocycles. The molecule has 3 aromatic rings. The van der Waals surface area contributed by atoms with E-state index < -0.39 is 10.1 Å². The average molecular weight is 486 g/mol. The van der Waals surface area contributed by atoms with Crippen molar-refractivity contribution in [3.8, 4) is 5.75 Å². The molecule has 0 aliphatic carbocycles. The maximum atomic E-state index is 13.0. The van der Waals surface area contributed by atoms with Crippen LogP contribution in [-0.2, 0) is 10.1 Å². The predicted octanol–water partition coefficient (Wildman–Crippen LogP) is 4.19. The Labute approximate surface area is 198 Å². The number of carbonyl (C=O) groups is 1. The third-order valence-electron chi connectivity index (χ3n) is 5.58. The number of rotatable bonds is 5. The summed E-state index contributed by atoms with van der Waals surface area (Å²) in [5, 5.41) is 3.03. The zero-order valence-electron chi connectivity index (χ0n) is 18.9. The van der Waals surface area contributed by atoms with Gasteiger partial charge in [-0.2, -0.15) is 8.42 Å². The van der Waals surface area contributed by atoms with Gasteiger partial charge < -0.3 is 14.0 Å². The first-order valence-electron chi connectivity index (χ1n) is 10.8. The van der Waals surface area contributed by atoms with Crippen molar-refractivity contribution < 1.29 is 17.4 Å². The number of nitrogens with zero attached hydrogens (tertiary/aromatic N) is 3. The molecule has 1 aromatic heterocycles. The molecule has 4 rings (SSSR count).